The third-order valence-electron chi connectivity index (χ3n) is 8.45. The predicted molar refractivity (Wildman–Crippen MR) is 205 cm³/mol. The first-order valence-corrected chi connectivity index (χ1v) is 31.7. The summed E-state index contributed by atoms with van der Waals surface area (Å²) in [6.45, 7) is -0.749. The molecule has 0 spiro atoms. The molecular weight excluding hydrogens is 871 g/mol. The molecule has 4 rings (SSSR count). The van der Waals surface area contributed by atoms with Crippen LogP contribution in [0.15, 0.2) is 97.1 Å². The molecule has 53 heavy (non-hydrogen) atoms. The minimum atomic E-state index is -4.12. The fraction of sp³-hybridized carbons (Fsp3) is 0.333. The van der Waals surface area contributed by atoms with Crippen LogP contribution in [0.5, 0.6) is 0 Å². The fourth-order valence-electron chi connectivity index (χ4n) is 6.16. The summed E-state index contributed by atoms with van der Waals surface area (Å²) in [5.74, 6) is 0. The molecule has 0 unspecified atom stereocenters. The Morgan fingerprint density at radius 3 is 0.679 bits per heavy atom. The molecule has 0 radical (unpaired) electrons. The average Bonchev–Trinajstić information content (AvgIpc) is 3.05. The zero-order chi connectivity index (χ0) is 38.9. The van der Waals surface area contributed by atoms with Gasteiger partial charge < -0.3 is 0 Å². The van der Waals surface area contributed by atoms with E-state index in [1.54, 1.807) is 24.3 Å². The zero-order valence-corrected chi connectivity index (χ0v) is 36.0. The summed E-state index contributed by atoms with van der Waals surface area (Å²) in [7, 11) is -15.1. The van der Waals surface area contributed by atoms with Gasteiger partial charge in [-0.05, 0) is 0 Å². The third-order valence-corrected chi connectivity index (χ3v) is 23.5. The average molecular weight is 916 g/mol. The van der Waals surface area contributed by atoms with Crippen LogP contribution < -0.4 is 0 Å². The van der Waals surface area contributed by atoms with Gasteiger partial charge in [0, 0.05) is 0 Å². The van der Waals surface area contributed by atoms with Crippen molar-refractivity contribution in [1.29, 1.82) is 0 Å². The van der Waals surface area contributed by atoms with Crippen LogP contribution >= 0.6 is 0 Å². The molecule has 0 fully saturated rings. The molecular formula is C36H44O12S4Sn. The van der Waals surface area contributed by atoms with Crippen molar-refractivity contribution >= 4 is 58.8 Å². The topological polar surface area (TPSA) is 173 Å². The summed E-state index contributed by atoms with van der Waals surface area (Å²) in [6, 6.07) is 29.7. The van der Waals surface area contributed by atoms with Crippen molar-refractivity contribution in [2.75, 3.05) is 25.0 Å². The van der Waals surface area contributed by atoms with Crippen molar-refractivity contribution in [3.05, 3.63) is 142 Å². The Kier molecular flexibility index (Phi) is 14.9. The molecule has 0 aliphatic carbocycles. The van der Waals surface area contributed by atoms with E-state index in [-0.39, 0.29) is 26.4 Å². The van der Waals surface area contributed by atoms with Gasteiger partial charge in [-0.15, -0.1) is 0 Å². The van der Waals surface area contributed by atoms with Gasteiger partial charge in [-0.2, -0.15) is 0 Å². The predicted octanol–water partition coefficient (Wildman–Crippen LogP) is 4.47. The van der Waals surface area contributed by atoms with E-state index in [4.69, 9.17) is 16.7 Å². The fourth-order valence-corrected chi connectivity index (χ4v) is 22.8. The van der Waals surface area contributed by atoms with Crippen molar-refractivity contribution in [3.8, 4) is 0 Å². The van der Waals surface area contributed by atoms with Crippen LogP contribution in [-0.4, -0.2) is 77.1 Å². The van der Waals surface area contributed by atoms with Gasteiger partial charge in [-0.1, -0.05) is 0 Å². The second kappa shape index (κ2) is 18.3. The summed E-state index contributed by atoms with van der Waals surface area (Å²) in [6.07, 6.45) is 3.94. The first-order chi connectivity index (χ1) is 24.7. The Balaban J connectivity index is 1.96. The molecule has 0 aromatic heterocycles. The summed E-state index contributed by atoms with van der Waals surface area (Å²) >= 11 is -4.12. The summed E-state index contributed by atoms with van der Waals surface area (Å²) in [5.41, 5.74) is 6.17. The van der Waals surface area contributed by atoms with E-state index in [0.717, 1.165) is 47.3 Å². The van der Waals surface area contributed by atoms with Gasteiger partial charge in [-0.25, -0.2) is 0 Å². The Morgan fingerprint density at radius 2 is 0.509 bits per heavy atom. The molecule has 288 valence electrons. The van der Waals surface area contributed by atoms with Crippen molar-refractivity contribution in [3.63, 3.8) is 0 Å². The van der Waals surface area contributed by atoms with Gasteiger partial charge in [-0.3, -0.25) is 0 Å². The quantitative estimate of drug-likeness (QED) is 0.0902. The molecule has 0 N–H and O–H groups in total. The zero-order valence-electron chi connectivity index (χ0n) is 29.9. The van der Waals surface area contributed by atoms with E-state index in [9.17, 15) is 33.7 Å². The van der Waals surface area contributed by atoms with Crippen LogP contribution in [0.2, 0.25) is 0 Å². The van der Waals surface area contributed by atoms with E-state index >= 15 is 0 Å². The van der Waals surface area contributed by atoms with Gasteiger partial charge in [0.2, 0.25) is 0 Å². The molecule has 0 saturated heterocycles. The van der Waals surface area contributed by atoms with Gasteiger partial charge in [0.15, 0.2) is 0 Å². The van der Waals surface area contributed by atoms with Crippen LogP contribution in [0.4, 0.5) is 0 Å². The Hall–Kier alpha value is -2.68. The van der Waals surface area contributed by atoms with Crippen LogP contribution in [0.25, 0.3) is 0 Å². The third kappa shape index (κ3) is 15.2. The number of benzene rings is 4. The first kappa shape index (κ1) is 43.1. The van der Waals surface area contributed by atoms with Gasteiger partial charge in [0.05, 0.1) is 0 Å². The second-order valence-corrected chi connectivity index (χ2v) is 32.3. The van der Waals surface area contributed by atoms with E-state index in [1.807, 2.05) is 72.8 Å². The maximum atomic E-state index is 12.1. The van der Waals surface area contributed by atoms with Crippen LogP contribution in [-0.2, 0) is 101 Å². The van der Waals surface area contributed by atoms with Crippen LogP contribution in [0.1, 0.15) is 44.5 Å². The van der Waals surface area contributed by atoms with Crippen molar-refractivity contribution in [2.24, 2.45) is 0 Å². The van der Waals surface area contributed by atoms with Crippen molar-refractivity contribution < 1.29 is 50.4 Å². The number of hydrogen-bond donors (Lipinski definition) is 0. The normalized spacial score (nSPS) is 12.9. The van der Waals surface area contributed by atoms with Gasteiger partial charge in [0.25, 0.3) is 0 Å². The molecule has 0 bridgehead atoms. The molecule has 0 heterocycles. The summed E-state index contributed by atoms with van der Waals surface area (Å²) < 4.78 is 120. The summed E-state index contributed by atoms with van der Waals surface area (Å²) in [5, 5.41) is 0. The molecule has 0 saturated carbocycles. The van der Waals surface area contributed by atoms with Crippen molar-refractivity contribution in [1.82, 2.24) is 0 Å². The standard InChI is InChI=1S/4C9H11O3S.Sn/c4*1-8-5-3-4-6-9(8)7-12-13(2,10)11;/h4*3-6H,1,7H2,2H3;. The summed E-state index contributed by atoms with van der Waals surface area (Å²) in [4.78, 5) is 0. The molecule has 12 nitrogen and oxygen atoms in total. The van der Waals surface area contributed by atoms with Gasteiger partial charge >= 0.3 is 320 Å². The van der Waals surface area contributed by atoms with E-state index in [2.05, 4.69) is 0 Å². The van der Waals surface area contributed by atoms with Crippen molar-refractivity contribution in [2.45, 2.75) is 44.2 Å². The Morgan fingerprint density at radius 1 is 0.340 bits per heavy atom. The molecule has 4 aromatic rings. The second-order valence-electron chi connectivity index (χ2n) is 13.1. The number of hydrogen-bond acceptors (Lipinski definition) is 12. The van der Waals surface area contributed by atoms with Gasteiger partial charge in [0.1, 0.15) is 0 Å². The van der Waals surface area contributed by atoms with E-state index in [1.165, 1.54) is 0 Å². The molecule has 0 aliphatic rings. The first-order valence-electron chi connectivity index (χ1n) is 16.3. The monoisotopic (exact) mass is 916 g/mol. The minimum absolute atomic E-state index is 0.187. The molecule has 0 aliphatic heterocycles. The molecule has 0 amide bonds. The number of rotatable bonds is 20. The van der Waals surface area contributed by atoms with E-state index < -0.39 is 58.8 Å². The van der Waals surface area contributed by atoms with Crippen LogP contribution in [0, 0.1) is 0 Å². The maximum absolute atomic E-state index is 12.1. The van der Waals surface area contributed by atoms with E-state index in [0.29, 0.717) is 40.0 Å². The molecule has 17 heteroatoms. The SMILES string of the molecule is CS(=O)(=O)OCc1ccccc1[CH2][Sn]([CH2]c1ccccc1COS(C)(=O)=O)([CH2]c1ccccc1COS(C)(=O)=O)[CH2]c1ccccc1COS(C)(=O)=O. The molecule has 0 atom stereocenters. The Bertz CT molecular complexity index is 2000. The Labute approximate surface area is 317 Å². The van der Waals surface area contributed by atoms with Crippen LogP contribution in [0.3, 0.4) is 0 Å². The molecule has 4 aromatic carbocycles.